The molecule has 0 atom stereocenters. The van der Waals surface area contributed by atoms with E-state index >= 15 is 0 Å². The lowest BCUT2D eigenvalue weighted by atomic mass is 9.87. The number of aromatic nitrogens is 4. The van der Waals surface area contributed by atoms with E-state index in [-0.39, 0.29) is 5.41 Å². The lowest BCUT2D eigenvalue weighted by Crippen LogP contribution is -2.10. The van der Waals surface area contributed by atoms with Crippen LogP contribution in [0.4, 0.5) is 0 Å². The standard InChI is InChI=1S/C43H31N5/c1-43(2,3)29-18-20-30(21-19-29)47-38-14-8-5-10-31(38)33-22-16-28(25-41(33)47)27-17-23-40-35(24-27)32-11-6-9-15-39(32)48(40)42-45-36-13-7-4-12-34(36)37(26-44)46-42/h4-25H,1-3H3. The Balaban J connectivity index is 1.24. The maximum absolute atomic E-state index is 9.95. The average molecular weight is 618 g/mol. The highest BCUT2D eigenvalue weighted by molar-refractivity contribution is 6.12. The number of benzene rings is 6. The lowest BCUT2D eigenvalue weighted by molar-refractivity contribution is 0.590. The van der Waals surface area contributed by atoms with Gasteiger partial charge in [-0.2, -0.15) is 5.26 Å². The molecule has 0 aliphatic carbocycles. The van der Waals surface area contributed by atoms with Crippen molar-refractivity contribution in [1.82, 2.24) is 19.1 Å². The molecule has 0 amide bonds. The van der Waals surface area contributed by atoms with Crippen LogP contribution in [-0.4, -0.2) is 19.1 Å². The van der Waals surface area contributed by atoms with Crippen molar-refractivity contribution in [2.75, 3.05) is 0 Å². The van der Waals surface area contributed by atoms with Crippen LogP contribution in [0.25, 0.3) is 77.3 Å². The van der Waals surface area contributed by atoms with Gasteiger partial charge >= 0.3 is 0 Å². The SMILES string of the molecule is CC(C)(C)c1ccc(-n2c3ccccc3c3ccc(-c4ccc5c(c4)c4ccccc4n5-c4nc(C#N)c5ccccc5n4)cc32)cc1. The molecule has 0 N–H and O–H groups in total. The van der Waals surface area contributed by atoms with Crippen molar-refractivity contribution >= 4 is 54.5 Å². The van der Waals surface area contributed by atoms with E-state index in [0.29, 0.717) is 11.6 Å². The molecular weight excluding hydrogens is 587 g/mol. The smallest absolute Gasteiger partial charge is 0.236 e. The van der Waals surface area contributed by atoms with Crippen molar-refractivity contribution in [1.29, 1.82) is 5.26 Å². The van der Waals surface area contributed by atoms with Crippen LogP contribution in [0.5, 0.6) is 0 Å². The van der Waals surface area contributed by atoms with Gasteiger partial charge < -0.3 is 4.57 Å². The van der Waals surface area contributed by atoms with Gasteiger partial charge in [0.25, 0.3) is 0 Å². The highest BCUT2D eigenvalue weighted by Crippen LogP contribution is 2.38. The molecule has 5 heteroatoms. The van der Waals surface area contributed by atoms with Gasteiger partial charge in [-0.25, -0.2) is 9.97 Å². The molecule has 0 fully saturated rings. The number of para-hydroxylation sites is 3. The molecule has 0 aliphatic rings. The highest BCUT2D eigenvalue weighted by Gasteiger charge is 2.19. The molecule has 0 saturated heterocycles. The zero-order chi connectivity index (χ0) is 32.6. The van der Waals surface area contributed by atoms with Crippen molar-refractivity contribution in [3.8, 4) is 28.8 Å². The predicted molar refractivity (Wildman–Crippen MR) is 197 cm³/mol. The molecule has 0 radical (unpaired) electrons. The molecule has 3 heterocycles. The van der Waals surface area contributed by atoms with Crippen molar-refractivity contribution in [3.63, 3.8) is 0 Å². The summed E-state index contributed by atoms with van der Waals surface area (Å²) in [4.78, 5) is 9.66. The molecule has 0 bridgehead atoms. The van der Waals surface area contributed by atoms with Gasteiger partial charge in [0.15, 0.2) is 5.69 Å². The third-order valence-electron chi connectivity index (χ3n) is 9.57. The van der Waals surface area contributed by atoms with Gasteiger partial charge in [-0.3, -0.25) is 4.57 Å². The van der Waals surface area contributed by atoms with Crippen LogP contribution in [0.2, 0.25) is 0 Å². The van der Waals surface area contributed by atoms with E-state index in [4.69, 9.17) is 9.97 Å². The van der Waals surface area contributed by atoms with Gasteiger partial charge in [-0.1, -0.05) is 99.6 Å². The Morgan fingerprint density at radius 3 is 1.83 bits per heavy atom. The van der Waals surface area contributed by atoms with E-state index in [0.717, 1.165) is 49.5 Å². The summed E-state index contributed by atoms with van der Waals surface area (Å²) in [5.74, 6) is 0.493. The van der Waals surface area contributed by atoms with E-state index < -0.39 is 0 Å². The van der Waals surface area contributed by atoms with E-state index in [1.165, 1.54) is 27.4 Å². The van der Waals surface area contributed by atoms with Crippen LogP contribution in [0.1, 0.15) is 32.0 Å². The molecule has 9 rings (SSSR count). The second-order valence-corrected chi connectivity index (χ2v) is 13.5. The Bertz CT molecular complexity index is 2770. The Morgan fingerprint density at radius 1 is 0.521 bits per heavy atom. The normalized spacial score (nSPS) is 12.0. The first-order valence-electron chi connectivity index (χ1n) is 16.2. The number of nitriles is 1. The minimum absolute atomic E-state index is 0.0900. The van der Waals surface area contributed by atoms with Crippen LogP contribution in [0, 0.1) is 11.3 Å². The monoisotopic (exact) mass is 617 g/mol. The first kappa shape index (κ1) is 28.0. The molecule has 6 aromatic carbocycles. The zero-order valence-electron chi connectivity index (χ0n) is 26.9. The topological polar surface area (TPSA) is 59.4 Å². The second-order valence-electron chi connectivity index (χ2n) is 13.5. The molecule has 228 valence electrons. The summed E-state index contributed by atoms with van der Waals surface area (Å²) in [7, 11) is 0. The van der Waals surface area contributed by atoms with E-state index in [1.807, 2.05) is 30.3 Å². The third-order valence-corrected chi connectivity index (χ3v) is 9.57. The fourth-order valence-electron chi connectivity index (χ4n) is 7.16. The molecule has 0 saturated carbocycles. The van der Waals surface area contributed by atoms with Crippen LogP contribution < -0.4 is 0 Å². The second kappa shape index (κ2) is 10.4. The molecule has 0 aliphatic heterocycles. The minimum atomic E-state index is 0.0900. The van der Waals surface area contributed by atoms with Crippen molar-refractivity contribution in [3.05, 3.63) is 145 Å². The van der Waals surface area contributed by atoms with Crippen LogP contribution in [-0.2, 0) is 5.41 Å². The van der Waals surface area contributed by atoms with E-state index in [2.05, 4.69) is 139 Å². The summed E-state index contributed by atoms with van der Waals surface area (Å²) < 4.78 is 4.46. The Kier molecular flexibility index (Phi) is 6.06. The highest BCUT2D eigenvalue weighted by atomic mass is 15.2. The summed E-state index contributed by atoms with van der Waals surface area (Å²) in [6, 6.07) is 49.3. The molecule has 9 aromatic rings. The summed E-state index contributed by atoms with van der Waals surface area (Å²) >= 11 is 0. The van der Waals surface area contributed by atoms with Gasteiger partial charge in [0, 0.05) is 32.6 Å². The Morgan fingerprint density at radius 2 is 1.10 bits per heavy atom. The van der Waals surface area contributed by atoms with Crippen LogP contribution >= 0.6 is 0 Å². The summed E-state index contributed by atoms with van der Waals surface area (Å²) in [6.07, 6.45) is 0. The fourth-order valence-corrected chi connectivity index (χ4v) is 7.16. The number of hydrogen-bond donors (Lipinski definition) is 0. The number of hydrogen-bond acceptors (Lipinski definition) is 3. The van der Waals surface area contributed by atoms with Crippen molar-refractivity contribution in [2.45, 2.75) is 26.2 Å². The zero-order valence-corrected chi connectivity index (χ0v) is 26.9. The lowest BCUT2D eigenvalue weighted by Gasteiger charge is -2.19. The van der Waals surface area contributed by atoms with Gasteiger partial charge in [-0.05, 0) is 76.7 Å². The molecule has 3 aromatic heterocycles. The van der Waals surface area contributed by atoms with Crippen molar-refractivity contribution < 1.29 is 0 Å². The van der Waals surface area contributed by atoms with Crippen LogP contribution in [0.15, 0.2) is 133 Å². The van der Waals surface area contributed by atoms with Crippen molar-refractivity contribution in [2.24, 2.45) is 0 Å². The largest absolute Gasteiger partial charge is 0.309 e. The van der Waals surface area contributed by atoms with Gasteiger partial charge in [0.2, 0.25) is 5.95 Å². The van der Waals surface area contributed by atoms with E-state index in [1.54, 1.807) is 0 Å². The minimum Gasteiger partial charge on any atom is -0.309 e. The van der Waals surface area contributed by atoms with Gasteiger partial charge in [0.1, 0.15) is 6.07 Å². The van der Waals surface area contributed by atoms with E-state index in [9.17, 15) is 5.26 Å². The number of rotatable bonds is 3. The molecular formula is C43H31N5. The maximum Gasteiger partial charge on any atom is 0.236 e. The quantitative estimate of drug-likeness (QED) is 0.198. The average Bonchev–Trinajstić information content (AvgIpc) is 3.63. The van der Waals surface area contributed by atoms with Crippen LogP contribution in [0.3, 0.4) is 0 Å². The summed E-state index contributed by atoms with van der Waals surface area (Å²) in [5, 5.41) is 15.4. The maximum atomic E-state index is 9.95. The fraction of sp³-hybridized carbons (Fsp3) is 0.0930. The molecule has 5 nitrogen and oxygen atoms in total. The first-order valence-corrected chi connectivity index (χ1v) is 16.2. The summed E-state index contributed by atoms with van der Waals surface area (Å²) in [6.45, 7) is 6.75. The number of fused-ring (bicyclic) bond motifs is 7. The third kappa shape index (κ3) is 4.23. The molecule has 0 spiro atoms. The summed E-state index contributed by atoms with van der Waals surface area (Å²) in [5.41, 5.74) is 10.3. The molecule has 48 heavy (non-hydrogen) atoms. The Labute approximate surface area is 278 Å². The van der Waals surface area contributed by atoms with Gasteiger partial charge in [-0.15, -0.1) is 0 Å². The first-order chi connectivity index (χ1) is 23.4. The van der Waals surface area contributed by atoms with Gasteiger partial charge in [0.05, 0.1) is 27.6 Å². The number of nitrogens with zero attached hydrogens (tertiary/aromatic N) is 5. The predicted octanol–water partition coefficient (Wildman–Crippen LogP) is 10.7. The Hall–Kier alpha value is -6.25. The molecule has 0 unspecified atom stereocenters.